The third-order valence-electron chi connectivity index (χ3n) is 1.97. The zero-order valence-corrected chi connectivity index (χ0v) is 11.5. The molecule has 1 aromatic carbocycles. The Labute approximate surface area is 114 Å². The Balaban J connectivity index is 3.13. The number of hydrogen-bond donors (Lipinski definition) is 0. The van der Waals surface area contributed by atoms with Gasteiger partial charge in [-0.2, -0.15) is 18.4 Å². The Morgan fingerprint density at radius 3 is 2.56 bits per heavy atom. The van der Waals surface area contributed by atoms with E-state index >= 15 is 0 Å². The highest BCUT2D eigenvalue weighted by Crippen LogP contribution is 2.37. The maximum atomic E-state index is 12.2. The highest BCUT2D eigenvalue weighted by atomic mass is 79.9. The third kappa shape index (κ3) is 4.03. The number of hydrogen-bond acceptors (Lipinski definition) is 3. The molecule has 2 nitrogen and oxygen atoms in total. The van der Waals surface area contributed by atoms with Gasteiger partial charge in [-0.15, -0.1) is 0 Å². The molecule has 7 heteroatoms. The fourth-order valence-corrected chi connectivity index (χ4v) is 2.07. The van der Waals surface area contributed by atoms with E-state index in [1.807, 2.05) is 0 Å². The summed E-state index contributed by atoms with van der Waals surface area (Å²) in [5.41, 5.74) is -4.35. The lowest BCUT2D eigenvalue weighted by Gasteiger charge is -2.09. The summed E-state index contributed by atoms with van der Waals surface area (Å²) in [6.07, 6.45) is 0. The van der Waals surface area contributed by atoms with Gasteiger partial charge in [-0.25, -0.2) is 0 Å². The number of benzene rings is 1. The lowest BCUT2D eigenvalue weighted by atomic mass is 10.0. The van der Waals surface area contributed by atoms with Crippen molar-refractivity contribution < 1.29 is 18.0 Å². The number of halogens is 4. The van der Waals surface area contributed by atoms with Crippen molar-refractivity contribution in [1.82, 2.24) is 0 Å². The number of nitrogens with zero attached hydrogens (tertiary/aromatic N) is 1. The summed E-state index contributed by atoms with van der Waals surface area (Å²) in [6, 6.07) is 5.23. The normalized spacial score (nSPS) is 12.9. The van der Waals surface area contributed by atoms with Gasteiger partial charge in [0.05, 0.1) is 16.5 Å². The number of carbonyl (C=O) groups excluding carboxylic acids is 1. The van der Waals surface area contributed by atoms with E-state index in [-0.39, 0.29) is 33.6 Å². The van der Waals surface area contributed by atoms with Crippen LogP contribution in [0.25, 0.3) is 0 Å². The highest BCUT2D eigenvalue weighted by molar-refractivity contribution is 9.10. The summed E-state index contributed by atoms with van der Waals surface area (Å²) in [5.74, 6) is -0.338. The zero-order chi connectivity index (χ0) is 13.9. The third-order valence-corrected chi connectivity index (χ3v) is 3.11. The van der Waals surface area contributed by atoms with Crippen LogP contribution in [0.4, 0.5) is 13.2 Å². The van der Waals surface area contributed by atoms with Crippen molar-refractivity contribution in [3.8, 4) is 6.07 Å². The van der Waals surface area contributed by atoms with Crippen LogP contribution in [0.2, 0.25) is 0 Å². The Hall–Kier alpha value is -1.00. The first-order valence-electron chi connectivity index (χ1n) is 4.73. The molecule has 0 saturated carbocycles. The Morgan fingerprint density at radius 2 is 2.11 bits per heavy atom. The molecule has 0 bridgehead atoms. The first-order chi connectivity index (χ1) is 8.24. The summed E-state index contributed by atoms with van der Waals surface area (Å²) in [5, 5.41) is 8.86. The molecule has 0 radical (unpaired) electrons. The van der Waals surface area contributed by atoms with Crippen LogP contribution in [0.1, 0.15) is 22.8 Å². The van der Waals surface area contributed by atoms with Gasteiger partial charge in [-0.05, 0) is 36.9 Å². The van der Waals surface area contributed by atoms with Crippen molar-refractivity contribution in [1.29, 1.82) is 5.26 Å². The van der Waals surface area contributed by atoms with Crippen LogP contribution in [-0.2, 0) is 0 Å². The molecule has 1 rings (SSSR count). The van der Waals surface area contributed by atoms with Crippen molar-refractivity contribution in [2.24, 2.45) is 0 Å². The lowest BCUT2D eigenvalue weighted by Crippen LogP contribution is -2.12. The van der Waals surface area contributed by atoms with E-state index in [4.69, 9.17) is 5.26 Å². The summed E-state index contributed by atoms with van der Waals surface area (Å²) in [7, 11) is 0. The predicted molar refractivity (Wildman–Crippen MR) is 65.8 cm³/mol. The Kier molecular flexibility index (Phi) is 4.82. The maximum absolute atomic E-state index is 12.2. The molecule has 0 N–H and O–H groups in total. The predicted octanol–water partition coefficient (Wildman–Crippen LogP) is 4.14. The van der Waals surface area contributed by atoms with E-state index < -0.39 is 10.3 Å². The number of alkyl halides is 4. The fraction of sp³-hybridized carbons (Fsp3) is 0.273. The number of nitriles is 1. The first-order valence-corrected chi connectivity index (χ1v) is 6.46. The van der Waals surface area contributed by atoms with Gasteiger partial charge in [-0.3, -0.25) is 4.79 Å². The molecule has 0 aliphatic heterocycles. The average Bonchev–Trinajstić information content (AvgIpc) is 2.25. The monoisotopic (exact) mass is 337 g/mol. The summed E-state index contributed by atoms with van der Waals surface area (Å²) in [4.78, 5) is 11.1. The smallest absolute Gasteiger partial charge is 0.293 e. The molecule has 0 amide bonds. The van der Waals surface area contributed by atoms with Gasteiger partial charge in [0.1, 0.15) is 0 Å². The van der Waals surface area contributed by atoms with E-state index in [1.54, 1.807) is 13.0 Å². The fourth-order valence-electron chi connectivity index (χ4n) is 1.24. The van der Waals surface area contributed by atoms with Gasteiger partial charge in [-0.1, -0.05) is 15.9 Å². The van der Waals surface area contributed by atoms with Crippen molar-refractivity contribution in [2.45, 2.75) is 22.2 Å². The van der Waals surface area contributed by atoms with Crippen molar-refractivity contribution in [3.63, 3.8) is 0 Å². The van der Waals surface area contributed by atoms with E-state index in [2.05, 4.69) is 15.9 Å². The van der Waals surface area contributed by atoms with Crippen LogP contribution in [0.3, 0.4) is 0 Å². The molecule has 0 saturated heterocycles. The van der Waals surface area contributed by atoms with Gasteiger partial charge in [0.25, 0.3) is 0 Å². The van der Waals surface area contributed by atoms with Crippen LogP contribution in [0.5, 0.6) is 0 Å². The number of ketones is 1. The molecular formula is C11H7BrF3NOS. The molecule has 0 aromatic heterocycles. The standard InChI is InChI=1S/C11H7BrF3NOS/c1-6(12)10(17)9-3-2-8(4-7(9)5-16)18-11(13,14)15/h2-4,6H,1H3. The SMILES string of the molecule is CC(Br)C(=O)c1ccc(SC(F)(F)F)cc1C#N. The quantitative estimate of drug-likeness (QED) is 0.473. The molecular weight excluding hydrogens is 331 g/mol. The summed E-state index contributed by atoms with van der Waals surface area (Å²) >= 11 is 2.75. The van der Waals surface area contributed by atoms with Gasteiger partial charge >= 0.3 is 5.51 Å². The van der Waals surface area contributed by atoms with Gasteiger partial charge in [0.15, 0.2) is 5.78 Å². The van der Waals surface area contributed by atoms with Gasteiger partial charge < -0.3 is 0 Å². The van der Waals surface area contributed by atoms with Gasteiger partial charge in [0.2, 0.25) is 0 Å². The van der Waals surface area contributed by atoms with Crippen LogP contribution >= 0.6 is 27.7 Å². The number of rotatable bonds is 3. The lowest BCUT2D eigenvalue weighted by molar-refractivity contribution is -0.0328. The molecule has 18 heavy (non-hydrogen) atoms. The van der Waals surface area contributed by atoms with Crippen molar-refractivity contribution >= 4 is 33.5 Å². The van der Waals surface area contributed by atoms with E-state index in [0.29, 0.717) is 0 Å². The van der Waals surface area contributed by atoms with Crippen molar-refractivity contribution in [3.05, 3.63) is 29.3 Å². The second-order valence-corrected chi connectivity index (χ2v) is 5.86. The average molecular weight is 338 g/mol. The highest BCUT2D eigenvalue weighted by Gasteiger charge is 2.29. The maximum Gasteiger partial charge on any atom is 0.446 e. The summed E-state index contributed by atoms with van der Waals surface area (Å²) in [6.45, 7) is 1.59. The molecule has 1 unspecified atom stereocenters. The Bertz CT molecular complexity index is 508. The molecule has 0 aliphatic rings. The second-order valence-electron chi connectivity index (χ2n) is 3.35. The van der Waals surface area contributed by atoms with E-state index in [9.17, 15) is 18.0 Å². The molecule has 0 aliphatic carbocycles. The molecule has 0 fully saturated rings. The first kappa shape index (κ1) is 15.1. The van der Waals surface area contributed by atoms with Crippen LogP contribution in [0.15, 0.2) is 23.1 Å². The van der Waals surface area contributed by atoms with E-state index in [1.165, 1.54) is 12.1 Å². The van der Waals surface area contributed by atoms with Crippen molar-refractivity contribution in [2.75, 3.05) is 0 Å². The largest absolute Gasteiger partial charge is 0.446 e. The second kappa shape index (κ2) is 5.76. The molecule has 96 valence electrons. The number of thioether (sulfide) groups is 1. The Morgan fingerprint density at radius 1 is 1.50 bits per heavy atom. The number of carbonyl (C=O) groups is 1. The molecule has 0 spiro atoms. The van der Waals surface area contributed by atoms with Crippen LogP contribution in [0, 0.1) is 11.3 Å². The molecule has 1 atom stereocenters. The van der Waals surface area contributed by atoms with Gasteiger partial charge in [0, 0.05) is 10.5 Å². The zero-order valence-electron chi connectivity index (χ0n) is 9.08. The van der Waals surface area contributed by atoms with Crippen LogP contribution in [-0.4, -0.2) is 16.1 Å². The minimum Gasteiger partial charge on any atom is -0.293 e. The minimum atomic E-state index is -4.42. The summed E-state index contributed by atoms with van der Waals surface area (Å²) < 4.78 is 36.5. The molecule has 0 heterocycles. The topological polar surface area (TPSA) is 40.9 Å². The minimum absolute atomic E-state index is 0.0550. The van der Waals surface area contributed by atoms with Crippen LogP contribution < -0.4 is 0 Å². The van der Waals surface area contributed by atoms with E-state index in [0.717, 1.165) is 6.07 Å². The number of Topliss-reactive ketones (excluding diaryl/α,β-unsaturated/α-hetero) is 1. The molecule has 1 aromatic rings.